The molecule has 0 spiro atoms. The molecule has 0 saturated heterocycles. The van der Waals surface area contributed by atoms with Gasteiger partial charge in [0.15, 0.2) is 0 Å². The first kappa shape index (κ1) is 12.2. The van der Waals surface area contributed by atoms with Crippen molar-refractivity contribution in [3.05, 3.63) is 69.8 Å². The number of hydrogen-bond acceptors (Lipinski definition) is 4. The zero-order valence-corrected chi connectivity index (χ0v) is 10.3. The van der Waals surface area contributed by atoms with Crippen LogP contribution >= 0.6 is 0 Å². The summed E-state index contributed by atoms with van der Waals surface area (Å²) in [6.07, 6.45) is 0. The van der Waals surface area contributed by atoms with Gasteiger partial charge in [-0.25, -0.2) is 0 Å². The van der Waals surface area contributed by atoms with Gasteiger partial charge in [-0.05, 0) is 11.1 Å². The number of benzene rings is 2. The summed E-state index contributed by atoms with van der Waals surface area (Å²) in [5, 5.41) is 11.1. The van der Waals surface area contributed by atoms with Crippen LogP contribution < -0.4 is 0 Å². The number of fused-ring (bicyclic) bond motifs is 3. The van der Waals surface area contributed by atoms with E-state index in [9.17, 15) is 19.7 Å². The van der Waals surface area contributed by atoms with Gasteiger partial charge in [0.2, 0.25) is 11.6 Å². The summed E-state index contributed by atoms with van der Waals surface area (Å²) in [6.45, 7) is 0. The minimum absolute atomic E-state index is 0.215. The van der Waals surface area contributed by atoms with Crippen LogP contribution in [0.3, 0.4) is 0 Å². The Labute approximate surface area is 114 Å². The van der Waals surface area contributed by atoms with E-state index in [1.54, 1.807) is 36.4 Å². The third-order valence-electron chi connectivity index (χ3n) is 3.38. The molecule has 5 nitrogen and oxygen atoms in total. The Balaban J connectivity index is 2.38. The van der Waals surface area contributed by atoms with Gasteiger partial charge >= 0.3 is 6.04 Å². The highest BCUT2D eigenvalue weighted by molar-refractivity contribution is 6.24. The molecule has 5 heteroatoms. The Hall–Kier alpha value is -2.82. The van der Waals surface area contributed by atoms with Crippen molar-refractivity contribution in [2.45, 2.75) is 6.04 Å². The van der Waals surface area contributed by atoms with E-state index in [2.05, 4.69) is 0 Å². The molecule has 0 N–H and O–H groups in total. The fourth-order valence-electron chi connectivity index (χ4n) is 2.47. The summed E-state index contributed by atoms with van der Waals surface area (Å²) in [4.78, 5) is 34.9. The molecule has 0 unspecified atom stereocenters. The molecule has 20 heavy (non-hydrogen) atoms. The lowest BCUT2D eigenvalue weighted by molar-refractivity contribution is -0.488. The minimum atomic E-state index is -1.86. The third-order valence-corrected chi connectivity index (χ3v) is 3.38. The van der Waals surface area contributed by atoms with E-state index >= 15 is 0 Å². The third kappa shape index (κ3) is 1.64. The van der Waals surface area contributed by atoms with Gasteiger partial charge in [-0.2, -0.15) is 0 Å². The van der Waals surface area contributed by atoms with Crippen LogP contribution in [-0.2, 0) is 0 Å². The number of Topliss-reactive ketones (excluding diaryl/α,β-unsaturated/α-hetero) is 2. The molecule has 0 bridgehead atoms. The highest BCUT2D eigenvalue weighted by atomic mass is 16.6. The molecule has 98 valence electrons. The number of ketones is 2. The molecule has 1 aliphatic carbocycles. The molecule has 1 aliphatic rings. The first-order chi connectivity index (χ1) is 9.61. The quantitative estimate of drug-likeness (QED) is 0.451. The molecule has 2 aromatic rings. The number of nitro groups is 1. The number of hydrogen-bond donors (Lipinski definition) is 0. The van der Waals surface area contributed by atoms with Gasteiger partial charge in [0.1, 0.15) is 0 Å². The highest BCUT2D eigenvalue weighted by Gasteiger charge is 2.43. The highest BCUT2D eigenvalue weighted by Crippen LogP contribution is 2.32. The standard InChI is InChI=1S/C15H9NO4/c17-14-11-7-3-1-5-9(11)10-6-2-4-8-12(10)15(18)13(14)16(19)20/h1-8,13H. The maximum absolute atomic E-state index is 12.3. The van der Waals surface area contributed by atoms with Crippen LogP contribution in [0.4, 0.5) is 0 Å². The van der Waals surface area contributed by atoms with Crippen molar-refractivity contribution >= 4 is 11.6 Å². The van der Waals surface area contributed by atoms with Gasteiger partial charge in [0, 0.05) is 16.1 Å². The normalized spacial score (nSPS) is 14.4. The molecule has 0 amide bonds. The van der Waals surface area contributed by atoms with Crippen LogP contribution in [0, 0.1) is 10.1 Å². The second-order valence-corrected chi connectivity index (χ2v) is 4.51. The Morgan fingerprint density at radius 3 is 1.45 bits per heavy atom. The van der Waals surface area contributed by atoms with Crippen molar-refractivity contribution < 1.29 is 14.5 Å². The largest absolute Gasteiger partial charge is 0.336 e. The lowest BCUT2D eigenvalue weighted by Gasteiger charge is -2.06. The van der Waals surface area contributed by atoms with Gasteiger partial charge in [0.05, 0.1) is 0 Å². The van der Waals surface area contributed by atoms with Gasteiger partial charge < -0.3 is 0 Å². The van der Waals surface area contributed by atoms with Crippen LogP contribution in [0.15, 0.2) is 48.5 Å². The van der Waals surface area contributed by atoms with Crippen LogP contribution in [0.1, 0.15) is 20.7 Å². The average Bonchev–Trinajstić information content (AvgIpc) is 2.55. The first-order valence-electron chi connectivity index (χ1n) is 6.01. The summed E-state index contributed by atoms with van der Waals surface area (Å²) in [7, 11) is 0. The van der Waals surface area contributed by atoms with Gasteiger partial charge in [0.25, 0.3) is 0 Å². The monoisotopic (exact) mass is 267 g/mol. The molecule has 0 aliphatic heterocycles. The molecular weight excluding hydrogens is 258 g/mol. The van der Waals surface area contributed by atoms with Crippen LogP contribution in [-0.4, -0.2) is 22.5 Å². The Morgan fingerprint density at radius 2 is 1.10 bits per heavy atom. The molecule has 0 fully saturated rings. The lowest BCUT2D eigenvalue weighted by atomic mass is 9.96. The zero-order chi connectivity index (χ0) is 14.3. The van der Waals surface area contributed by atoms with E-state index in [-0.39, 0.29) is 11.1 Å². The molecule has 2 aromatic carbocycles. The maximum atomic E-state index is 12.3. The number of carbonyl (C=O) groups is 2. The van der Waals surface area contributed by atoms with Crippen LogP contribution in [0.2, 0.25) is 0 Å². The van der Waals surface area contributed by atoms with Crippen LogP contribution in [0.5, 0.6) is 0 Å². The summed E-state index contributed by atoms with van der Waals surface area (Å²) in [5.41, 5.74) is 1.55. The zero-order valence-electron chi connectivity index (χ0n) is 10.3. The van der Waals surface area contributed by atoms with Gasteiger partial charge in [-0.3, -0.25) is 19.7 Å². The van der Waals surface area contributed by atoms with Gasteiger partial charge in [-0.1, -0.05) is 48.5 Å². The van der Waals surface area contributed by atoms with E-state index in [1.165, 1.54) is 12.1 Å². The molecule has 0 saturated carbocycles. The van der Waals surface area contributed by atoms with E-state index in [0.29, 0.717) is 11.1 Å². The second-order valence-electron chi connectivity index (χ2n) is 4.51. The molecule has 0 aromatic heterocycles. The van der Waals surface area contributed by atoms with E-state index < -0.39 is 22.5 Å². The number of nitrogens with zero attached hydrogens (tertiary/aromatic N) is 1. The fraction of sp³-hybridized carbons (Fsp3) is 0.0667. The van der Waals surface area contributed by atoms with E-state index in [4.69, 9.17) is 0 Å². The second kappa shape index (κ2) is 4.38. The summed E-state index contributed by atoms with van der Waals surface area (Å²) in [5.74, 6) is -1.52. The van der Waals surface area contributed by atoms with Crippen molar-refractivity contribution in [2.75, 3.05) is 0 Å². The van der Waals surface area contributed by atoms with Crippen molar-refractivity contribution in [3.8, 4) is 11.1 Å². The number of carbonyl (C=O) groups excluding carboxylic acids is 2. The number of rotatable bonds is 1. The predicted octanol–water partition coefficient (Wildman–Crippen LogP) is 2.38. The Kier molecular flexibility index (Phi) is 2.68. The molecule has 0 heterocycles. The molecule has 0 atom stereocenters. The summed E-state index contributed by atoms with van der Waals surface area (Å²) >= 11 is 0. The topological polar surface area (TPSA) is 77.3 Å². The van der Waals surface area contributed by atoms with E-state index in [1.807, 2.05) is 0 Å². The van der Waals surface area contributed by atoms with Crippen molar-refractivity contribution in [1.82, 2.24) is 0 Å². The van der Waals surface area contributed by atoms with Crippen LogP contribution in [0.25, 0.3) is 11.1 Å². The predicted molar refractivity (Wildman–Crippen MR) is 71.3 cm³/mol. The van der Waals surface area contributed by atoms with Crippen molar-refractivity contribution in [1.29, 1.82) is 0 Å². The Morgan fingerprint density at radius 1 is 0.750 bits per heavy atom. The molecular formula is C15H9NO4. The molecule has 0 radical (unpaired) electrons. The minimum Gasteiger partial charge on any atom is -0.286 e. The van der Waals surface area contributed by atoms with Crippen molar-refractivity contribution in [2.24, 2.45) is 0 Å². The average molecular weight is 267 g/mol. The van der Waals surface area contributed by atoms with E-state index in [0.717, 1.165) is 0 Å². The summed E-state index contributed by atoms with van der Waals surface area (Å²) in [6, 6.07) is 11.3. The smallest absolute Gasteiger partial charge is 0.286 e. The fourth-order valence-corrected chi connectivity index (χ4v) is 2.47. The maximum Gasteiger partial charge on any atom is 0.336 e. The summed E-state index contributed by atoms with van der Waals surface area (Å²) < 4.78 is 0. The first-order valence-corrected chi connectivity index (χ1v) is 6.01. The SMILES string of the molecule is O=C1c2ccccc2-c2ccccc2C(=O)C1[N+](=O)[O-]. The Bertz CT molecular complexity index is 694. The van der Waals surface area contributed by atoms with Crippen molar-refractivity contribution in [3.63, 3.8) is 0 Å². The van der Waals surface area contributed by atoms with Gasteiger partial charge in [-0.15, -0.1) is 0 Å². The lowest BCUT2D eigenvalue weighted by Crippen LogP contribution is -2.36. The molecule has 3 rings (SSSR count).